The molecule has 0 radical (unpaired) electrons. The average Bonchev–Trinajstić information content (AvgIpc) is 2.28. The van der Waals surface area contributed by atoms with Gasteiger partial charge in [-0.3, -0.25) is 9.69 Å². The number of hydrogen-bond acceptors (Lipinski definition) is 2. The molecular weight excluding hydrogens is 236 g/mol. The van der Waals surface area contributed by atoms with Crippen LogP contribution in [-0.4, -0.2) is 30.8 Å². The lowest BCUT2D eigenvalue weighted by Gasteiger charge is -2.19. The summed E-state index contributed by atoms with van der Waals surface area (Å²) < 4.78 is 26.1. The number of carbonyl (C=O) groups excluding carboxylic acids is 1. The molecule has 0 heterocycles. The Kier molecular flexibility index (Phi) is 5.41. The Hall–Kier alpha value is -1.29. The van der Waals surface area contributed by atoms with Crippen molar-refractivity contribution in [3.63, 3.8) is 0 Å². The highest BCUT2D eigenvalue weighted by atomic mass is 19.1. The molecule has 0 aliphatic rings. The zero-order valence-electron chi connectivity index (χ0n) is 11.0. The van der Waals surface area contributed by atoms with Gasteiger partial charge in [-0.15, -0.1) is 0 Å². The zero-order chi connectivity index (χ0) is 13.7. The van der Waals surface area contributed by atoms with Crippen LogP contribution in [0.2, 0.25) is 0 Å². The lowest BCUT2D eigenvalue weighted by atomic mass is 10.1. The lowest BCUT2D eigenvalue weighted by molar-refractivity contribution is 0.0934. The molecule has 1 rings (SSSR count). The fourth-order valence-corrected chi connectivity index (χ4v) is 1.77. The van der Waals surface area contributed by atoms with E-state index in [0.717, 1.165) is 25.1 Å². The Balaban J connectivity index is 2.65. The van der Waals surface area contributed by atoms with Gasteiger partial charge in [-0.25, -0.2) is 8.78 Å². The summed E-state index contributed by atoms with van der Waals surface area (Å²) >= 11 is 0. The third kappa shape index (κ3) is 4.18. The second-order valence-electron chi connectivity index (χ2n) is 4.76. The first kappa shape index (κ1) is 14.8. The van der Waals surface area contributed by atoms with Crippen LogP contribution in [0.25, 0.3) is 0 Å². The van der Waals surface area contributed by atoms with E-state index in [4.69, 9.17) is 0 Å². The predicted molar refractivity (Wildman–Crippen MR) is 67.6 cm³/mol. The van der Waals surface area contributed by atoms with Crippen LogP contribution < -0.4 is 0 Å². The van der Waals surface area contributed by atoms with Crippen LogP contribution in [0.3, 0.4) is 0 Å². The van der Waals surface area contributed by atoms with Crippen molar-refractivity contribution in [2.75, 3.05) is 20.1 Å². The van der Waals surface area contributed by atoms with Crippen LogP contribution in [0.15, 0.2) is 18.2 Å². The van der Waals surface area contributed by atoms with Crippen molar-refractivity contribution in [3.8, 4) is 0 Å². The number of likely N-dealkylation sites (N-methyl/N-ethyl adjacent to an activating group) is 1. The maximum absolute atomic E-state index is 13.4. The molecule has 1 aromatic carbocycles. The molecule has 1 atom stereocenters. The molecule has 0 aromatic heterocycles. The fourth-order valence-electron chi connectivity index (χ4n) is 1.77. The van der Waals surface area contributed by atoms with Gasteiger partial charge < -0.3 is 0 Å². The van der Waals surface area contributed by atoms with E-state index in [1.165, 1.54) is 6.07 Å². The van der Waals surface area contributed by atoms with Gasteiger partial charge in [-0.05, 0) is 25.1 Å². The van der Waals surface area contributed by atoms with E-state index in [-0.39, 0.29) is 17.9 Å². The molecule has 1 aromatic rings. The van der Waals surface area contributed by atoms with Gasteiger partial charge in [0.15, 0.2) is 5.78 Å². The highest BCUT2D eigenvalue weighted by Gasteiger charge is 2.15. The van der Waals surface area contributed by atoms with E-state index in [9.17, 15) is 13.6 Å². The van der Waals surface area contributed by atoms with Crippen LogP contribution in [0.4, 0.5) is 8.78 Å². The first-order chi connectivity index (χ1) is 8.43. The van der Waals surface area contributed by atoms with E-state index in [0.29, 0.717) is 5.92 Å². The SMILES string of the molecule is CCC(C)CN(C)CC(=O)c1ccc(F)cc1F. The number of carbonyl (C=O) groups is 1. The Labute approximate surface area is 107 Å². The number of Topliss-reactive ketones (excluding diaryl/α,β-unsaturated/α-hetero) is 1. The quantitative estimate of drug-likeness (QED) is 0.728. The standard InChI is InChI=1S/C14H19F2NO/c1-4-10(2)8-17(3)9-14(18)12-6-5-11(15)7-13(12)16/h5-7,10H,4,8-9H2,1-3H3. The van der Waals surface area contributed by atoms with Crippen molar-refractivity contribution >= 4 is 5.78 Å². The van der Waals surface area contributed by atoms with Gasteiger partial charge in [-0.1, -0.05) is 20.3 Å². The molecule has 0 amide bonds. The zero-order valence-corrected chi connectivity index (χ0v) is 11.0. The van der Waals surface area contributed by atoms with E-state index >= 15 is 0 Å². The van der Waals surface area contributed by atoms with Gasteiger partial charge in [0.1, 0.15) is 11.6 Å². The topological polar surface area (TPSA) is 20.3 Å². The second kappa shape index (κ2) is 6.59. The van der Waals surface area contributed by atoms with Crippen molar-refractivity contribution in [2.45, 2.75) is 20.3 Å². The summed E-state index contributed by atoms with van der Waals surface area (Å²) in [6, 6.07) is 3.04. The predicted octanol–water partition coefficient (Wildman–Crippen LogP) is 3.13. The van der Waals surface area contributed by atoms with Gasteiger partial charge in [0.05, 0.1) is 12.1 Å². The highest BCUT2D eigenvalue weighted by Crippen LogP contribution is 2.11. The smallest absolute Gasteiger partial charge is 0.179 e. The summed E-state index contributed by atoms with van der Waals surface area (Å²) in [6.45, 7) is 5.11. The maximum Gasteiger partial charge on any atom is 0.179 e. The summed E-state index contributed by atoms with van der Waals surface area (Å²) in [5.41, 5.74) is -0.0487. The Morgan fingerprint density at radius 3 is 2.61 bits per heavy atom. The van der Waals surface area contributed by atoms with Crippen LogP contribution in [0.5, 0.6) is 0 Å². The summed E-state index contributed by atoms with van der Waals surface area (Å²) in [5, 5.41) is 0. The minimum Gasteiger partial charge on any atom is -0.299 e. The van der Waals surface area contributed by atoms with Crippen LogP contribution in [0.1, 0.15) is 30.6 Å². The van der Waals surface area contributed by atoms with Gasteiger partial charge in [0.25, 0.3) is 0 Å². The molecular formula is C14H19F2NO. The number of nitrogens with zero attached hydrogens (tertiary/aromatic N) is 1. The van der Waals surface area contributed by atoms with Gasteiger partial charge >= 0.3 is 0 Å². The highest BCUT2D eigenvalue weighted by molar-refractivity contribution is 5.97. The number of benzene rings is 1. The third-order valence-electron chi connectivity index (χ3n) is 2.97. The van der Waals surface area contributed by atoms with Crippen molar-refractivity contribution < 1.29 is 13.6 Å². The fraction of sp³-hybridized carbons (Fsp3) is 0.500. The molecule has 0 fully saturated rings. The van der Waals surface area contributed by atoms with Crippen LogP contribution in [0, 0.1) is 17.6 Å². The molecule has 2 nitrogen and oxygen atoms in total. The van der Waals surface area contributed by atoms with E-state index in [1.54, 1.807) is 0 Å². The lowest BCUT2D eigenvalue weighted by Crippen LogP contribution is -2.30. The summed E-state index contributed by atoms with van der Waals surface area (Å²) in [7, 11) is 1.82. The molecule has 0 saturated carbocycles. The molecule has 100 valence electrons. The van der Waals surface area contributed by atoms with Gasteiger partial charge in [0, 0.05) is 12.6 Å². The number of hydrogen-bond donors (Lipinski definition) is 0. The molecule has 18 heavy (non-hydrogen) atoms. The Morgan fingerprint density at radius 2 is 2.06 bits per heavy atom. The van der Waals surface area contributed by atoms with E-state index in [2.05, 4.69) is 13.8 Å². The van der Waals surface area contributed by atoms with Gasteiger partial charge in [-0.2, -0.15) is 0 Å². The van der Waals surface area contributed by atoms with Crippen molar-refractivity contribution in [1.29, 1.82) is 0 Å². The van der Waals surface area contributed by atoms with Crippen LogP contribution >= 0.6 is 0 Å². The van der Waals surface area contributed by atoms with Crippen molar-refractivity contribution in [3.05, 3.63) is 35.4 Å². The normalized spacial score (nSPS) is 12.8. The number of halogens is 2. The monoisotopic (exact) mass is 255 g/mol. The van der Waals surface area contributed by atoms with Gasteiger partial charge in [0.2, 0.25) is 0 Å². The van der Waals surface area contributed by atoms with Crippen LogP contribution in [-0.2, 0) is 0 Å². The third-order valence-corrected chi connectivity index (χ3v) is 2.97. The average molecular weight is 255 g/mol. The second-order valence-corrected chi connectivity index (χ2v) is 4.76. The van der Waals surface area contributed by atoms with Crippen molar-refractivity contribution in [1.82, 2.24) is 4.90 Å². The summed E-state index contributed by atoms with van der Waals surface area (Å²) in [4.78, 5) is 13.7. The largest absolute Gasteiger partial charge is 0.299 e. The molecule has 0 aliphatic heterocycles. The molecule has 0 saturated heterocycles. The number of rotatable bonds is 6. The van der Waals surface area contributed by atoms with E-state index in [1.807, 2.05) is 11.9 Å². The maximum atomic E-state index is 13.4. The van der Waals surface area contributed by atoms with Crippen molar-refractivity contribution in [2.24, 2.45) is 5.92 Å². The molecule has 0 aliphatic carbocycles. The first-order valence-electron chi connectivity index (χ1n) is 6.10. The summed E-state index contributed by atoms with van der Waals surface area (Å²) in [5.74, 6) is -1.30. The Bertz CT molecular complexity index is 420. The number of ketones is 1. The minimum absolute atomic E-state index is 0.0487. The molecule has 0 bridgehead atoms. The summed E-state index contributed by atoms with van der Waals surface area (Å²) in [6.07, 6.45) is 1.03. The minimum atomic E-state index is -0.795. The molecule has 4 heteroatoms. The first-order valence-corrected chi connectivity index (χ1v) is 6.10. The molecule has 0 spiro atoms. The molecule has 1 unspecified atom stereocenters. The molecule has 0 N–H and O–H groups in total. The Morgan fingerprint density at radius 1 is 1.39 bits per heavy atom. The van der Waals surface area contributed by atoms with E-state index < -0.39 is 11.6 Å².